The Bertz CT molecular complexity index is 810. The van der Waals surface area contributed by atoms with E-state index in [-0.39, 0.29) is 5.69 Å². The fraction of sp³-hybridized carbons (Fsp3) is 0.278. The van der Waals surface area contributed by atoms with Gasteiger partial charge in [-0.2, -0.15) is 0 Å². The van der Waals surface area contributed by atoms with E-state index < -0.39 is 5.97 Å². The van der Waals surface area contributed by atoms with E-state index in [0.29, 0.717) is 33.4 Å². The van der Waals surface area contributed by atoms with Crippen LogP contribution in [0.25, 0.3) is 0 Å². The lowest BCUT2D eigenvalue weighted by Crippen LogP contribution is -2.08. The number of anilines is 1. The molecule has 0 bridgehead atoms. The summed E-state index contributed by atoms with van der Waals surface area (Å²) < 4.78 is 5.25. The minimum absolute atomic E-state index is 0.209. The first-order chi connectivity index (χ1) is 12.7. The van der Waals surface area contributed by atoms with Crippen LogP contribution in [0.4, 0.5) is 5.82 Å². The van der Waals surface area contributed by atoms with E-state index in [4.69, 9.17) is 23.2 Å². The second kappa shape index (κ2) is 11.8. The van der Waals surface area contributed by atoms with Gasteiger partial charge in [0.15, 0.2) is 28.7 Å². The average Bonchev–Trinajstić information content (AvgIpc) is 2.66. The first-order valence-electron chi connectivity index (χ1n) is 7.84. The van der Waals surface area contributed by atoms with Crippen LogP contribution in [0.3, 0.4) is 0 Å². The summed E-state index contributed by atoms with van der Waals surface area (Å²) in [5.41, 5.74) is 2.61. The summed E-state index contributed by atoms with van der Waals surface area (Å²) in [7, 11) is 0. The van der Waals surface area contributed by atoms with Crippen LogP contribution in [-0.2, 0) is 3.07 Å². The summed E-state index contributed by atoms with van der Waals surface area (Å²) in [6, 6.07) is 3.51. The van der Waals surface area contributed by atoms with Gasteiger partial charge >= 0.3 is 5.97 Å². The minimum Gasteiger partial charge on any atom is -0.390 e. The summed E-state index contributed by atoms with van der Waals surface area (Å²) in [5.74, 6) is 0.0519. The molecule has 27 heavy (non-hydrogen) atoms. The van der Waals surface area contributed by atoms with Gasteiger partial charge < -0.3 is 8.38 Å². The smallest absolute Gasteiger partial charge is 0.367 e. The number of carbonyl (C=O) groups is 1. The Morgan fingerprint density at radius 2 is 2.07 bits per heavy atom. The molecule has 0 saturated heterocycles. The standard InChI is InChI=1S/C18H19BrCl2IN3O2/c1-10(2)15(20)11(3)12(17(21)23-4)6-5-9-24-14-8-7-13(19)16(25-14)18(26)27-22/h7-8H,1,4-6,9H2,2-3H3,(H,24,25)/b15-11+,17-12-. The highest BCUT2D eigenvalue weighted by atomic mass is 127. The molecule has 1 heterocycles. The lowest BCUT2D eigenvalue weighted by Gasteiger charge is -2.13. The van der Waals surface area contributed by atoms with Crippen molar-refractivity contribution in [2.24, 2.45) is 4.99 Å². The Labute approximate surface area is 191 Å². The molecule has 0 aliphatic carbocycles. The lowest BCUT2D eigenvalue weighted by atomic mass is 10.0. The number of carbonyl (C=O) groups excluding carboxylic acids is 1. The molecule has 0 atom stereocenters. The van der Waals surface area contributed by atoms with Crippen LogP contribution in [0.5, 0.6) is 0 Å². The third kappa shape index (κ3) is 7.21. The van der Waals surface area contributed by atoms with E-state index in [0.717, 1.165) is 23.1 Å². The van der Waals surface area contributed by atoms with Crippen molar-refractivity contribution in [3.8, 4) is 0 Å². The number of nitrogens with one attached hydrogen (secondary N) is 1. The molecule has 1 N–H and O–H groups in total. The van der Waals surface area contributed by atoms with Crippen LogP contribution in [0, 0.1) is 0 Å². The predicted octanol–water partition coefficient (Wildman–Crippen LogP) is 6.78. The monoisotopic (exact) mass is 585 g/mol. The number of hydrogen-bond acceptors (Lipinski definition) is 5. The molecule has 9 heteroatoms. The molecule has 1 aromatic heterocycles. The second-order valence-electron chi connectivity index (χ2n) is 5.57. The number of rotatable bonds is 9. The average molecular weight is 587 g/mol. The SMILES string of the molecule is C=N/C(Cl)=C(CCCNc1ccc(Br)c(C(=O)OI)n1)\C(C)=C(\Cl)C(=C)C. The van der Waals surface area contributed by atoms with E-state index in [1.54, 1.807) is 12.1 Å². The fourth-order valence-electron chi connectivity index (χ4n) is 2.20. The van der Waals surface area contributed by atoms with E-state index in [1.807, 2.05) is 13.8 Å². The third-order valence-electron chi connectivity index (χ3n) is 3.56. The summed E-state index contributed by atoms with van der Waals surface area (Å²) in [4.78, 5) is 19.8. The molecule has 5 nitrogen and oxygen atoms in total. The van der Waals surface area contributed by atoms with Gasteiger partial charge in [-0.1, -0.05) is 29.8 Å². The van der Waals surface area contributed by atoms with Crippen molar-refractivity contribution in [3.63, 3.8) is 0 Å². The molecule has 0 unspecified atom stereocenters. The predicted molar refractivity (Wildman–Crippen MR) is 125 cm³/mol. The first kappa shape index (κ1) is 24.1. The number of aliphatic imine (C=N–C) groups is 1. The topological polar surface area (TPSA) is 63.6 Å². The Balaban J connectivity index is 2.81. The molecule has 0 saturated carbocycles. The molecule has 0 amide bonds. The van der Waals surface area contributed by atoms with Gasteiger partial charge in [0, 0.05) is 11.6 Å². The molecule has 0 aliphatic heterocycles. The summed E-state index contributed by atoms with van der Waals surface area (Å²) >= 11 is 17.3. The second-order valence-corrected chi connectivity index (χ2v) is 7.60. The minimum atomic E-state index is -0.518. The van der Waals surface area contributed by atoms with Gasteiger partial charge in [-0.3, -0.25) is 4.99 Å². The maximum Gasteiger partial charge on any atom is 0.367 e. The van der Waals surface area contributed by atoms with Crippen LogP contribution in [0.2, 0.25) is 0 Å². The molecular weight excluding hydrogens is 568 g/mol. The maximum absolute atomic E-state index is 11.7. The fourth-order valence-corrected chi connectivity index (χ4v) is 3.14. The Kier molecular flexibility index (Phi) is 10.6. The van der Waals surface area contributed by atoms with Crippen LogP contribution in [0.1, 0.15) is 37.2 Å². The molecular formula is C18H19BrCl2IN3O2. The molecule has 0 aliphatic rings. The number of pyridine rings is 1. The zero-order valence-electron chi connectivity index (χ0n) is 14.9. The molecule has 0 spiro atoms. The Morgan fingerprint density at radius 3 is 2.63 bits per heavy atom. The number of halogens is 4. The Hall–Kier alpha value is -0.900. The molecule has 0 fully saturated rings. The van der Waals surface area contributed by atoms with Crippen molar-refractivity contribution in [2.75, 3.05) is 11.9 Å². The maximum atomic E-state index is 11.7. The van der Waals surface area contributed by atoms with E-state index >= 15 is 0 Å². The van der Waals surface area contributed by atoms with Gasteiger partial charge in [-0.25, -0.2) is 9.78 Å². The van der Waals surface area contributed by atoms with Crippen LogP contribution in [-0.4, -0.2) is 24.2 Å². The quantitative estimate of drug-likeness (QED) is 0.114. The van der Waals surface area contributed by atoms with Gasteiger partial charge in [0.25, 0.3) is 0 Å². The highest BCUT2D eigenvalue weighted by molar-refractivity contribution is 14.1. The largest absolute Gasteiger partial charge is 0.390 e. The molecule has 0 radical (unpaired) electrons. The molecule has 1 rings (SSSR count). The van der Waals surface area contributed by atoms with Gasteiger partial charge in [-0.05, 0) is 78.2 Å². The highest BCUT2D eigenvalue weighted by Crippen LogP contribution is 2.30. The summed E-state index contributed by atoms with van der Waals surface area (Å²) in [6.07, 6.45) is 1.38. The molecule has 1 aromatic rings. The molecule has 0 aromatic carbocycles. The number of allylic oxidation sites excluding steroid dienone is 4. The third-order valence-corrected chi connectivity index (χ3v) is 5.56. The van der Waals surface area contributed by atoms with Crippen molar-refractivity contribution in [1.29, 1.82) is 0 Å². The van der Waals surface area contributed by atoms with Crippen molar-refractivity contribution in [2.45, 2.75) is 26.7 Å². The normalized spacial score (nSPS) is 12.7. The highest BCUT2D eigenvalue weighted by Gasteiger charge is 2.14. The van der Waals surface area contributed by atoms with Gasteiger partial charge in [0.1, 0.15) is 11.0 Å². The summed E-state index contributed by atoms with van der Waals surface area (Å²) in [6.45, 7) is 11.7. The van der Waals surface area contributed by atoms with Crippen molar-refractivity contribution in [1.82, 2.24) is 4.98 Å². The van der Waals surface area contributed by atoms with E-state index in [9.17, 15) is 4.79 Å². The number of hydrogen-bond donors (Lipinski definition) is 1. The number of aromatic nitrogens is 1. The van der Waals surface area contributed by atoms with Crippen LogP contribution < -0.4 is 5.32 Å². The van der Waals surface area contributed by atoms with Gasteiger partial charge in [0.05, 0.1) is 4.47 Å². The van der Waals surface area contributed by atoms with Crippen LogP contribution >= 0.6 is 62.1 Å². The zero-order valence-corrected chi connectivity index (χ0v) is 20.2. The van der Waals surface area contributed by atoms with E-state index in [2.05, 4.69) is 47.6 Å². The lowest BCUT2D eigenvalue weighted by molar-refractivity contribution is 0.0793. The van der Waals surface area contributed by atoms with Crippen molar-refractivity contribution in [3.05, 3.63) is 55.8 Å². The summed E-state index contributed by atoms with van der Waals surface area (Å²) in [5, 5.41) is 4.06. The van der Waals surface area contributed by atoms with Crippen LogP contribution in [0.15, 0.2) is 55.1 Å². The number of nitrogens with zero attached hydrogens (tertiary/aromatic N) is 2. The zero-order chi connectivity index (χ0) is 20.6. The first-order valence-corrected chi connectivity index (χ1v) is 10.3. The Morgan fingerprint density at radius 1 is 1.41 bits per heavy atom. The van der Waals surface area contributed by atoms with Crippen molar-refractivity contribution >= 4 is 80.6 Å². The molecule has 146 valence electrons. The van der Waals surface area contributed by atoms with Gasteiger partial charge in [0.2, 0.25) is 0 Å². The van der Waals surface area contributed by atoms with E-state index in [1.165, 1.54) is 23.0 Å². The van der Waals surface area contributed by atoms with Gasteiger partial charge in [-0.15, -0.1) is 0 Å². The van der Waals surface area contributed by atoms with Crippen molar-refractivity contribution < 1.29 is 7.86 Å².